The summed E-state index contributed by atoms with van der Waals surface area (Å²) < 4.78 is 0. The van der Waals surface area contributed by atoms with Gasteiger partial charge in [0, 0.05) is 23.5 Å². The molecule has 0 bridgehead atoms. The van der Waals surface area contributed by atoms with Gasteiger partial charge in [-0.05, 0) is 46.2 Å². The Morgan fingerprint density at radius 3 is 1.69 bits per heavy atom. The molecule has 3 heteroatoms. The molecule has 0 atom stereocenters. The molecule has 32 heavy (non-hydrogen) atoms. The van der Waals surface area contributed by atoms with Crippen LogP contribution < -0.4 is 0 Å². The molecule has 0 aliphatic carbocycles. The molecular weight excluding hydrogens is 390 g/mol. The van der Waals surface area contributed by atoms with E-state index in [0.717, 1.165) is 44.5 Å². The van der Waals surface area contributed by atoms with Crippen LogP contribution >= 0.6 is 0 Å². The van der Waals surface area contributed by atoms with Gasteiger partial charge in [-0.1, -0.05) is 78.9 Å². The van der Waals surface area contributed by atoms with Gasteiger partial charge in [-0.2, -0.15) is 0 Å². The van der Waals surface area contributed by atoms with E-state index in [0.29, 0.717) is 0 Å². The first-order valence-corrected chi connectivity index (χ1v) is 10.6. The van der Waals surface area contributed by atoms with E-state index in [-0.39, 0.29) is 0 Å². The molecule has 6 aromatic rings. The zero-order chi connectivity index (χ0) is 21.3. The minimum atomic E-state index is 0.893. The molecule has 0 saturated carbocycles. The molecule has 0 amide bonds. The summed E-state index contributed by atoms with van der Waals surface area (Å²) in [5.41, 5.74) is 8.05. The fourth-order valence-electron chi connectivity index (χ4n) is 4.27. The Morgan fingerprint density at radius 2 is 0.969 bits per heavy atom. The van der Waals surface area contributed by atoms with E-state index < -0.39 is 0 Å². The Morgan fingerprint density at radius 1 is 0.406 bits per heavy atom. The molecule has 2 heterocycles. The van der Waals surface area contributed by atoms with Gasteiger partial charge in [0.05, 0.1) is 22.4 Å². The third-order valence-electron chi connectivity index (χ3n) is 5.79. The Hall–Kier alpha value is -4.37. The quantitative estimate of drug-likeness (QED) is 0.311. The molecule has 0 aliphatic heterocycles. The minimum absolute atomic E-state index is 0.893. The molecule has 0 spiro atoms. The summed E-state index contributed by atoms with van der Waals surface area (Å²) >= 11 is 0. The monoisotopic (exact) mass is 409 g/mol. The first kappa shape index (κ1) is 18.4. The van der Waals surface area contributed by atoms with Gasteiger partial charge < -0.3 is 0 Å². The molecule has 3 nitrogen and oxygen atoms in total. The smallest absolute Gasteiger partial charge is 0.0979 e. The van der Waals surface area contributed by atoms with Crippen molar-refractivity contribution in [3.05, 3.63) is 116 Å². The van der Waals surface area contributed by atoms with Crippen molar-refractivity contribution in [3.8, 4) is 33.6 Å². The van der Waals surface area contributed by atoms with E-state index in [1.54, 1.807) is 0 Å². The first-order valence-electron chi connectivity index (χ1n) is 10.6. The number of nitrogens with zero attached hydrogens (tertiary/aromatic N) is 3. The lowest BCUT2D eigenvalue weighted by molar-refractivity contribution is 1.30. The summed E-state index contributed by atoms with van der Waals surface area (Å²) in [5, 5.41) is 2.34. The number of hydrogen-bond acceptors (Lipinski definition) is 3. The number of para-hydroxylation sites is 2. The molecule has 6 rings (SSSR count). The Bertz CT molecular complexity index is 1560. The van der Waals surface area contributed by atoms with Gasteiger partial charge in [-0.3, -0.25) is 4.98 Å². The number of hydrogen-bond donors (Lipinski definition) is 0. The van der Waals surface area contributed by atoms with Gasteiger partial charge in [0.2, 0.25) is 0 Å². The van der Waals surface area contributed by atoms with Gasteiger partial charge in [0.15, 0.2) is 0 Å². The Kier molecular flexibility index (Phi) is 4.43. The third kappa shape index (κ3) is 3.12. The molecule has 4 aromatic carbocycles. The number of fused-ring (bicyclic) bond motifs is 2. The van der Waals surface area contributed by atoms with Crippen LogP contribution in [0.15, 0.2) is 116 Å². The van der Waals surface area contributed by atoms with Crippen molar-refractivity contribution in [2.24, 2.45) is 0 Å². The highest BCUT2D eigenvalue weighted by atomic mass is 14.8. The van der Waals surface area contributed by atoms with E-state index in [1.807, 2.05) is 67.0 Å². The fraction of sp³-hybridized carbons (Fsp3) is 0. The van der Waals surface area contributed by atoms with Crippen LogP contribution in [-0.4, -0.2) is 15.0 Å². The second-order valence-electron chi connectivity index (χ2n) is 7.72. The van der Waals surface area contributed by atoms with Crippen molar-refractivity contribution >= 4 is 21.8 Å². The average molecular weight is 409 g/mol. The van der Waals surface area contributed by atoms with Crippen LogP contribution in [0.5, 0.6) is 0 Å². The van der Waals surface area contributed by atoms with Gasteiger partial charge in [-0.15, -0.1) is 0 Å². The van der Waals surface area contributed by atoms with Crippen LogP contribution in [0.4, 0.5) is 0 Å². The lowest BCUT2D eigenvalue weighted by Crippen LogP contribution is -1.96. The zero-order valence-corrected chi connectivity index (χ0v) is 17.3. The second kappa shape index (κ2) is 7.71. The number of aromatic nitrogens is 3. The van der Waals surface area contributed by atoms with Crippen molar-refractivity contribution in [2.75, 3.05) is 0 Å². The van der Waals surface area contributed by atoms with E-state index in [4.69, 9.17) is 9.97 Å². The van der Waals surface area contributed by atoms with Crippen molar-refractivity contribution in [1.82, 2.24) is 15.0 Å². The predicted molar refractivity (Wildman–Crippen MR) is 131 cm³/mol. The van der Waals surface area contributed by atoms with Gasteiger partial charge >= 0.3 is 0 Å². The largest absolute Gasteiger partial charge is 0.265 e. The molecule has 0 N–H and O–H groups in total. The van der Waals surface area contributed by atoms with Crippen molar-refractivity contribution in [2.45, 2.75) is 0 Å². The van der Waals surface area contributed by atoms with E-state index in [9.17, 15) is 0 Å². The van der Waals surface area contributed by atoms with E-state index in [2.05, 4.69) is 53.5 Å². The highest BCUT2D eigenvalue weighted by Gasteiger charge is 2.16. The molecule has 150 valence electrons. The summed E-state index contributed by atoms with van der Waals surface area (Å²) in [4.78, 5) is 14.3. The molecule has 2 aromatic heterocycles. The van der Waals surface area contributed by atoms with E-state index >= 15 is 0 Å². The molecular formula is C29H19N3. The molecule has 0 fully saturated rings. The highest BCUT2D eigenvalue weighted by molar-refractivity contribution is 6.06. The second-order valence-corrected chi connectivity index (χ2v) is 7.72. The SMILES string of the molecule is c1ccc(-c2nc3ccccc3nc2-c2ccc(-c3ccncc3)c3ccccc23)cc1. The molecule has 0 unspecified atom stereocenters. The maximum absolute atomic E-state index is 5.10. The molecule has 0 saturated heterocycles. The number of rotatable bonds is 3. The minimum Gasteiger partial charge on any atom is -0.265 e. The lowest BCUT2D eigenvalue weighted by Gasteiger charge is -2.15. The summed E-state index contributed by atoms with van der Waals surface area (Å²) in [6.07, 6.45) is 3.67. The van der Waals surface area contributed by atoms with Gasteiger partial charge in [0.25, 0.3) is 0 Å². The average Bonchev–Trinajstić information content (AvgIpc) is 2.88. The highest BCUT2D eigenvalue weighted by Crippen LogP contribution is 2.38. The Labute approximate surface area is 186 Å². The van der Waals surface area contributed by atoms with Gasteiger partial charge in [0.1, 0.15) is 0 Å². The topological polar surface area (TPSA) is 38.7 Å². The Balaban J connectivity index is 1.67. The summed E-state index contributed by atoms with van der Waals surface area (Å²) in [6, 6.07) is 35.3. The summed E-state index contributed by atoms with van der Waals surface area (Å²) in [7, 11) is 0. The number of pyridine rings is 1. The van der Waals surface area contributed by atoms with Crippen molar-refractivity contribution in [1.29, 1.82) is 0 Å². The van der Waals surface area contributed by atoms with Crippen LogP contribution in [0.2, 0.25) is 0 Å². The maximum atomic E-state index is 5.10. The standard InChI is InChI=1S/C29H19N3/c1-2-8-21(9-3-1)28-29(32-27-13-7-6-12-26(27)31-28)25-15-14-22(20-16-18-30-19-17-20)23-10-4-5-11-24(23)25/h1-19H. The third-order valence-corrected chi connectivity index (χ3v) is 5.79. The van der Waals surface area contributed by atoms with Crippen LogP contribution in [-0.2, 0) is 0 Å². The van der Waals surface area contributed by atoms with Gasteiger partial charge in [-0.25, -0.2) is 9.97 Å². The first-order chi connectivity index (χ1) is 15.9. The van der Waals surface area contributed by atoms with E-state index in [1.165, 1.54) is 10.9 Å². The van der Waals surface area contributed by atoms with Crippen LogP contribution in [0.25, 0.3) is 55.4 Å². The summed E-state index contributed by atoms with van der Waals surface area (Å²) in [6.45, 7) is 0. The fourth-order valence-corrected chi connectivity index (χ4v) is 4.27. The zero-order valence-electron chi connectivity index (χ0n) is 17.3. The maximum Gasteiger partial charge on any atom is 0.0979 e. The van der Waals surface area contributed by atoms with Crippen molar-refractivity contribution < 1.29 is 0 Å². The van der Waals surface area contributed by atoms with Crippen molar-refractivity contribution in [3.63, 3.8) is 0 Å². The summed E-state index contributed by atoms with van der Waals surface area (Å²) in [5.74, 6) is 0. The predicted octanol–water partition coefficient (Wildman–Crippen LogP) is 7.18. The lowest BCUT2D eigenvalue weighted by atomic mass is 9.92. The van der Waals surface area contributed by atoms with Crippen LogP contribution in [0, 0.1) is 0 Å². The molecule has 0 aliphatic rings. The number of benzene rings is 4. The van der Waals surface area contributed by atoms with Crippen LogP contribution in [0.1, 0.15) is 0 Å². The normalized spacial score (nSPS) is 11.1. The van der Waals surface area contributed by atoms with Crippen LogP contribution in [0.3, 0.4) is 0 Å². The molecule has 0 radical (unpaired) electrons.